The van der Waals surface area contributed by atoms with Crippen LogP contribution in [0.2, 0.25) is 13.8 Å². The number of carbonyl (C=O) groups excluding carboxylic acids is 1. The molecule has 0 N–H and O–H groups in total. The first-order valence-electron chi connectivity index (χ1n) is 5.60. The van der Waals surface area contributed by atoms with Gasteiger partial charge in [-0.2, -0.15) is 0 Å². The zero-order chi connectivity index (χ0) is 11.8. The minimum atomic E-state index is -2.47. The molecule has 3 atom stereocenters. The van der Waals surface area contributed by atoms with Gasteiger partial charge in [-0.15, -0.1) is 0 Å². The van der Waals surface area contributed by atoms with Crippen LogP contribution in [0.5, 0.6) is 0 Å². The Kier molecular flexibility index (Phi) is 4.33. The number of rotatable bonds is 2. The number of halogens is 1. The van der Waals surface area contributed by atoms with Gasteiger partial charge in [0.15, 0.2) is 0 Å². The van der Waals surface area contributed by atoms with Gasteiger partial charge in [0.2, 0.25) is 0 Å². The summed E-state index contributed by atoms with van der Waals surface area (Å²) in [5.74, 6) is 0.960. The van der Waals surface area contributed by atoms with Crippen LogP contribution in [0.3, 0.4) is 0 Å². The van der Waals surface area contributed by atoms with Crippen LogP contribution in [0.15, 0.2) is 12.2 Å². The molecule has 0 radical (unpaired) electrons. The number of ketones is 1. The molecule has 86 valence electrons. The molecule has 0 bridgehead atoms. The van der Waals surface area contributed by atoms with E-state index in [1.165, 1.54) is 0 Å². The molecule has 1 aliphatic carbocycles. The molecule has 0 aromatic rings. The predicted octanol–water partition coefficient (Wildman–Crippen LogP) is 3.99. The molecule has 0 saturated heterocycles. The Labute approximate surface area is 101 Å². The van der Waals surface area contributed by atoms with Crippen molar-refractivity contribution in [3.63, 3.8) is 0 Å². The Hall–Kier alpha value is 0.499. The monoisotopic (exact) mass is 336 g/mol. The molecule has 15 heavy (non-hydrogen) atoms. The Morgan fingerprint density at radius 3 is 2.47 bits per heavy atom. The second kappa shape index (κ2) is 4.78. The molecule has 0 aromatic heterocycles. The molecule has 0 amide bonds. The SMILES string of the molecule is C=C(C)[C@H]1CC(=O)[C@H](C)[C@H]([Sn]([CH3])([CH3])[Cl])C1. The van der Waals surface area contributed by atoms with Crippen molar-refractivity contribution < 1.29 is 4.79 Å². The first-order valence-corrected chi connectivity index (χ1v) is 16.6. The second-order valence-corrected chi connectivity index (χ2v) is 23.0. The van der Waals surface area contributed by atoms with Crippen molar-refractivity contribution >= 4 is 32.0 Å². The van der Waals surface area contributed by atoms with Crippen LogP contribution < -0.4 is 0 Å². The van der Waals surface area contributed by atoms with Crippen LogP contribution in [0.4, 0.5) is 0 Å². The van der Waals surface area contributed by atoms with E-state index in [9.17, 15) is 4.79 Å². The molecule has 0 unspecified atom stereocenters. The van der Waals surface area contributed by atoms with Gasteiger partial charge >= 0.3 is 101 Å². The third kappa shape index (κ3) is 3.23. The van der Waals surface area contributed by atoms with Crippen molar-refractivity contribution in [2.24, 2.45) is 11.8 Å². The van der Waals surface area contributed by atoms with E-state index >= 15 is 0 Å². The summed E-state index contributed by atoms with van der Waals surface area (Å²) in [5.41, 5.74) is 1.15. The van der Waals surface area contributed by atoms with Gasteiger partial charge in [0, 0.05) is 0 Å². The Balaban J connectivity index is 2.87. The van der Waals surface area contributed by atoms with Crippen LogP contribution >= 0.6 is 8.92 Å². The van der Waals surface area contributed by atoms with E-state index in [1.807, 2.05) is 6.92 Å². The number of hydrogen-bond acceptors (Lipinski definition) is 1. The molecule has 0 spiro atoms. The summed E-state index contributed by atoms with van der Waals surface area (Å²) in [6, 6.07) is 0. The Morgan fingerprint density at radius 2 is 2.07 bits per heavy atom. The minimum absolute atomic E-state index is 0.184. The molecule has 1 fully saturated rings. The number of Topliss-reactive ketones (excluding diaryl/α,β-unsaturated/α-hetero) is 1. The second-order valence-electron chi connectivity index (χ2n) is 5.41. The normalized spacial score (nSPS) is 32.9. The van der Waals surface area contributed by atoms with Gasteiger partial charge in [0.1, 0.15) is 0 Å². The van der Waals surface area contributed by atoms with Gasteiger partial charge in [-0.25, -0.2) is 0 Å². The van der Waals surface area contributed by atoms with Crippen molar-refractivity contribution in [1.29, 1.82) is 0 Å². The molecule has 0 aliphatic heterocycles. The van der Waals surface area contributed by atoms with Crippen molar-refractivity contribution in [3.05, 3.63) is 12.2 Å². The average molecular weight is 335 g/mol. The van der Waals surface area contributed by atoms with Gasteiger partial charge in [-0.05, 0) is 0 Å². The summed E-state index contributed by atoms with van der Waals surface area (Å²) < 4.78 is 0.476. The quantitative estimate of drug-likeness (QED) is 0.551. The third-order valence-electron chi connectivity index (χ3n) is 3.68. The van der Waals surface area contributed by atoms with Crippen LogP contribution in [-0.2, 0) is 4.79 Å². The molecule has 1 nitrogen and oxygen atoms in total. The van der Waals surface area contributed by atoms with E-state index < -0.39 is 17.3 Å². The molecule has 1 saturated carbocycles. The fraction of sp³-hybridized carbons (Fsp3) is 0.750. The van der Waals surface area contributed by atoms with Crippen LogP contribution in [-0.4, -0.2) is 23.0 Å². The van der Waals surface area contributed by atoms with Gasteiger partial charge in [-0.1, -0.05) is 0 Å². The van der Waals surface area contributed by atoms with Gasteiger partial charge in [0.25, 0.3) is 0 Å². The van der Waals surface area contributed by atoms with Gasteiger partial charge in [0.05, 0.1) is 0 Å². The first-order chi connectivity index (χ1) is 6.73. The Morgan fingerprint density at radius 1 is 1.53 bits per heavy atom. The van der Waals surface area contributed by atoms with Crippen molar-refractivity contribution in [3.8, 4) is 0 Å². The zero-order valence-electron chi connectivity index (χ0n) is 10.1. The van der Waals surface area contributed by atoms with E-state index in [0.29, 0.717) is 22.1 Å². The molecule has 0 aromatic carbocycles. The first kappa shape index (κ1) is 13.6. The van der Waals surface area contributed by atoms with Crippen LogP contribution in [0.25, 0.3) is 0 Å². The molecule has 3 heteroatoms. The number of hydrogen-bond donors (Lipinski definition) is 0. The predicted molar refractivity (Wildman–Crippen MR) is 68.8 cm³/mol. The van der Waals surface area contributed by atoms with Crippen LogP contribution in [0, 0.1) is 11.8 Å². The third-order valence-corrected chi connectivity index (χ3v) is 12.7. The van der Waals surface area contributed by atoms with E-state index in [-0.39, 0.29) is 5.92 Å². The fourth-order valence-corrected chi connectivity index (χ4v) is 10.7. The average Bonchev–Trinajstić information content (AvgIpc) is 2.06. The number of carbonyl (C=O) groups is 1. The topological polar surface area (TPSA) is 17.1 Å². The van der Waals surface area contributed by atoms with Gasteiger partial charge < -0.3 is 0 Å². The summed E-state index contributed by atoms with van der Waals surface area (Å²) in [4.78, 5) is 16.3. The maximum absolute atomic E-state index is 11.9. The van der Waals surface area contributed by atoms with Gasteiger partial charge in [-0.3, -0.25) is 0 Å². The summed E-state index contributed by atoms with van der Waals surface area (Å²) in [6.07, 6.45) is 1.78. The molecule has 1 aliphatic rings. The van der Waals surface area contributed by atoms with Crippen molar-refractivity contribution in [2.75, 3.05) is 0 Å². The molecular formula is C12H21ClOSn. The van der Waals surface area contributed by atoms with Crippen molar-refractivity contribution in [2.45, 2.75) is 40.5 Å². The van der Waals surface area contributed by atoms with Crippen molar-refractivity contribution in [1.82, 2.24) is 0 Å². The summed E-state index contributed by atoms with van der Waals surface area (Å²) >= 11 is -2.47. The molecule has 0 heterocycles. The van der Waals surface area contributed by atoms with Crippen LogP contribution in [0.1, 0.15) is 26.7 Å². The summed E-state index contributed by atoms with van der Waals surface area (Å²) in [6.45, 7) is 8.07. The summed E-state index contributed by atoms with van der Waals surface area (Å²) in [7, 11) is 6.57. The zero-order valence-corrected chi connectivity index (χ0v) is 13.7. The van der Waals surface area contributed by atoms with E-state index in [1.54, 1.807) is 0 Å². The van der Waals surface area contributed by atoms with E-state index in [2.05, 4.69) is 23.4 Å². The molecule has 1 rings (SSSR count). The summed E-state index contributed by atoms with van der Waals surface area (Å²) in [5, 5.41) is 0. The number of allylic oxidation sites excluding steroid dienone is 1. The van der Waals surface area contributed by atoms with E-state index in [4.69, 9.17) is 8.92 Å². The standard InChI is InChI=1S/C10H15O.2CH3.ClH.Sn/c1-7(2)9-5-4-8(3)10(11)6-9;;;;/h4,8-9H,1,5-6H2,2-3H3;2*1H3;1H;/q;;;;+1/p-1/t8-,9-;;;;/m1..../s1. The fourth-order valence-electron chi connectivity index (χ4n) is 2.50. The maximum atomic E-state index is 11.9. The molecular weight excluding hydrogens is 314 g/mol. The Bertz CT molecular complexity index is 280. The van der Waals surface area contributed by atoms with E-state index in [0.717, 1.165) is 12.0 Å².